The predicted octanol–water partition coefficient (Wildman–Crippen LogP) is 2.20. The molecule has 0 bridgehead atoms. The van der Waals surface area contributed by atoms with E-state index in [4.69, 9.17) is 15.1 Å². The minimum atomic E-state index is -0.688. The highest BCUT2D eigenvalue weighted by Gasteiger charge is 2.41. The summed E-state index contributed by atoms with van der Waals surface area (Å²) in [6.45, 7) is 3.12. The third kappa shape index (κ3) is 3.52. The molecule has 8 nitrogen and oxygen atoms in total. The Kier molecular flexibility index (Phi) is 5.25. The van der Waals surface area contributed by atoms with Gasteiger partial charge in [0.2, 0.25) is 5.91 Å². The van der Waals surface area contributed by atoms with Gasteiger partial charge in [-0.2, -0.15) is 0 Å². The third-order valence-corrected chi connectivity index (χ3v) is 6.88. The molecule has 2 N–H and O–H groups in total. The van der Waals surface area contributed by atoms with E-state index in [1.165, 1.54) is 0 Å². The maximum Gasteiger partial charge on any atom is 0.263 e. The van der Waals surface area contributed by atoms with Crippen LogP contribution >= 0.6 is 0 Å². The zero-order chi connectivity index (χ0) is 21.5. The van der Waals surface area contributed by atoms with Gasteiger partial charge >= 0.3 is 0 Å². The second-order valence-corrected chi connectivity index (χ2v) is 8.93. The van der Waals surface area contributed by atoms with Gasteiger partial charge in [-0.3, -0.25) is 19.4 Å². The first-order valence-electron chi connectivity index (χ1n) is 11.3. The lowest BCUT2D eigenvalue weighted by molar-refractivity contribution is -0.123. The monoisotopic (exact) mass is 423 g/mol. The number of pyridine rings is 1. The first-order valence-corrected chi connectivity index (χ1v) is 11.3. The largest absolute Gasteiger partial charge is 0.376 e. The minimum Gasteiger partial charge on any atom is -0.376 e. The normalized spacial score (nSPS) is 24.0. The van der Waals surface area contributed by atoms with Crippen LogP contribution in [-0.2, 0) is 16.0 Å². The fourth-order valence-electron chi connectivity index (χ4n) is 5.18. The number of rotatable bonds is 4. The van der Waals surface area contributed by atoms with Gasteiger partial charge in [0.05, 0.1) is 17.6 Å². The van der Waals surface area contributed by atoms with E-state index in [9.17, 15) is 9.59 Å². The van der Waals surface area contributed by atoms with E-state index in [1.807, 2.05) is 24.0 Å². The number of ether oxygens (including phenoxy) is 1. The maximum absolute atomic E-state index is 13.4. The van der Waals surface area contributed by atoms with Crippen LogP contribution in [0.1, 0.15) is 49.7 Å². The molecule has 2 atom stereocenters. The number of aryl methyl sites for hydroxylation is 1. The molecule has 3 aliphatic rings. The molecule has 2 fully saturated rings. The van der Waals surface area contributed by atoms with Crippen LogP contribution in [0.2, 0.25) is 0 Å². The summed E-state index contributed by atoms with van der Waals surface area (Å²) in [6, 6.07) is 3.88. The maximum atomic E-state index is 13.4. The topological polar surface area (TPSA) is 99.8 Å². The van der Waals surface area contributed by atoms with Gasteiger partial charge in [-0.25, -0.2) is 4.98 Å². The average molecular weight is 424 g/mol. The average Bonchev–Trinajstić information content (AvgIpc) is 3.47. The summed E-state index contributed by atoms with van der Waals surface area (Å²) < 4.78 is 7.18. The summed E-state index contributed by atoms with van der Waals surface area (Å²) in [5.41, 5.74) is 1.92. The van der Waals surface area contributed by atoms with Crippen molar-refractivity contribution >= 4 is 23.2 Å². The molecule has 164 valence electrons. The van der Waals surface area contributed by atoms with Crippen molar-refractivity contribution in [2.45, 2.75) is 64.0 Å². The summed E-state index contributed by atoms with van der Waals surface area (Å²) >= 11 is 0. The lowest BCUT2D eigenvalue weighted by Gasteiger charge is -2.38. The number of fused-ring (bicyclic) bond motifs is 2. The first-order chi connectivity index (χ1) is 15.0. The molecule has 2 aromatic heterocycles. The van der Waals surface area contributed by atoms with Crippen molar-refractivity contribution in [3.8, 4) is 0 Å². The summed E-state index contributed by atoms with van der Waals surface area (Å²) in [7, 11) is 0. The van der Waals surface area contributed by atoms with Crippen molar-refractivity contribution < 1.29 is 9.53 Å². The molecule has 0 aromatic carbocycles. The molecule has 31 heavy (non-hydrogen) atoms. The van der Waals surface area contributed by atoms with Crippen molar-refractivity contribution in [1.82, 2.24) is 14.7 Å². The fourth-order valence-corrected chi connectivity index (χ4v) is 5.18. The van der Waals surface area contributed by atoms with E-state index in [2.05, 4.69) is 5.32 Å². The van der Waals surface area contributed by atoms with Crippen LogP contribution in [0.15, 0.2) is 23.1 Å². The predicted molar refractivity (Wildman–Crippen MR) is 118 cm³/mol. The van der Waals surface area contributed by atoms with Gasteiger partial charge < -0.3 is 15.0 Å². The van der Waals surface area contributed by atoms with Crippen LogP contribution in [0.25, 0.3) is 5.65 Å². The molecule has 1 aliphatic carbocycles. The van der Waals surface area contributed by atoms with E-state index < -0.39 is 5.92 Å². The van der Waals surface area contributed by atoms with Crippen LogP contribution in [0.3, 0.4) is 0 Å². The Morgan fingerprint density at radius 3 is 2.84 bits per heavy atom. The Labute approximate surface area is 181 Å². The van der Waals surface area contributed by atoms with Gasteiger partial charge in [0, 0.05) is 31.8 Å². The van der Waals surface area contributed by atoms with E-state index in [0.717, 1.165) is 50.7 Å². The molecular weight excluding hydrogens is 394 g/mol. The Bertz CT molecular complexity index is 1080. The highest BCUT2D eigenvalue weighted by atomic mass is 16.5. The number of aromatic nitrogens is 2. The van der Waals surface area contributed by atoms with Gasteiger partial charge in [-0.1, -0.05) is 18.9 Å². The molecule has 2 aromatic rings. The number of nitrogens with one attached hydrogen (secondary N) is 2. The molecule has 2 aliphatic heterocycles. The summed E-state index contributed by atoms with van der Waals surface area (Å²) in [6.07, 6.45) is 7.99. The highest BCUT2D eigenvalue weighted by molar-refractivity contribution is 6.11. The van der Waals surface area contributed by atoms with Crippen LogP contribution in [0, 0.1) is 18.3 Å². The molecule has 1 saturated carbocycles. The Balaban J connectivity index is 1.54. The lowest BCUT2D eigenvalue weighted by Crippen LogP contribution is -2.53. The zero-order valence-electron chi connectivity index (χ0n) is 17.9. The SMILES string of the molecule is Cc1cccn2c(=O)c3c(nc12)N(C1CCCC1)C(=N)C(C(=O)NCC1CCCO1)C3. The van der Waals surface area contributed by atoms with Crippen LogP contribution in [0.5, 0.6) is 0 Å². The molecule has 0 radical (unpaired) electrons. The minimum absolute atomic E-state index is 0.0409. The molecule has 2 unspecified atom stereocenters. The number of amidine groups is 1. The number of anilines is 1. The standard InChI is InChI=1S/C23H29N5O3/c1-14-6-4-10-27-20(14)26-21-18(23(27)30)12-17(19(24)28(21)15-7-2-3-8-15)22(29)25-13-16-9-5-11-31-16/h4,6,10,15-17,24H,2-3,5,7-9,11-13H2,1H3,(H,25,29). The van der Waals surface area contributed by atoms with Gasteiger partial charge in [0.15, 0.2) is 0 Å². The summed E-state index contributed by atoms with van der Waals surface area (Å²) in [4.78, 5) is 33.2. The zero-order valence-corrected chi connectivity index (χ0v) is 17.9. The van der Waals surface area contributed by atoms with Gasteiger partial charge in [0.25, 0.3) is 5.56 Å². The summed E-state index contributed by atoms with van der Waals surface area (Å²) in [5.74, 6) is -0.0665. The van der Waals surface area contributed by atoms with Crippen molar-refractivity contribution in [2.75, 3.05) is 18.1 Å². The third-order valence-electron chi connectivity index (χ3n) is 6.88. The molecule has 5 rings (SSSR count). The van der Waals surface area contributed by atoms with Crippen molar-refractivity contribution in [1.29, 1.82) is 5.41 Å². The van der Waals surface area contributed by atoms with Crippen LogP contribution in [0.4, 0.5) is 5.82 Å². The molecule has 8 heteroatoms. The van der Waals surface area contributed by atoms with Crippen molar-refractivity contribution in [3.05, 3.63) is 39.8 Å². The van der Waals surface area contributed by atoms with E-state index >= 15 is 0 Å². The number of carbonyl (C=O) groups excluding carboxylic acids is 1. The number of nitrogens with zero attached hydrogens (tertiary/aromatic N) is 3. The Hall–Kier alpha value is -2.74. The number of carbonyl (C=O) groups is 1. The molecule has 1 saturated heterocycles. The Morgan fingerprint density at radius 2 is 2.10 bits per heavy atom. The molecule has 1 amide bonds. The fraction of sp³-hybridized carbons (Fsp3) is 0.565. The second kappa shape index (κ2) is 8.07. The highest BCUT2D eigenvalue weighted by Crippen LogP contribution is 2.35. The number of hydrogen-bond donors (Lipinski definition) is 2. The number of hydrogen-bond acceptors (Lipinski definition) is 5. The van der Waals surface area contributed by atoms with Crippen molar-refractivity contribution in [2.24, 2.45) is 5.92 Å². The lowest BCUT2D eigenvalue weighted by atomic mass is 9.91. The second-order valence-electron chi connectivity index (χ2n) is 8.93. The van der Waals surface area contributed by atoms with Crippen molar-refractivity contribution in [3.63, 3.8) is 0 Å². The van der Waals surface area contributed by atoms with Crippen LogP contribution < -0.4 is 15.8 Å². The summed E-state index contributed by atoms with van der Waals surface area (Å²) in [5, 5.41) is 11.9. The van der Waals surface area contributed by atoms with Gasteiger partial charge in [0.1, 0.15) is 17.3 Å². The quantitative estimate of drug-likeness (QED) is 0.785. The van der Waals surface area contributed by atoms with Gasteiger partial charge in [-0.05, 0) is 44.2 Å². The number of amides is 1. The Morgan fingerprint density at radius 1 is 1.29 bits per heavy atom. The van der Waals surface area contributed by atoms with E-state index in [0.29, 0.717) is 23.6 Å². The molecule has 0 spiro atoms. The molecular formula is C23H29N5O3. The smallest absolute Gasteiger partial charge is 0.263 e. The molecule has 4 heterocycles. The first kappa shape index (κ1) is 20.2. The van der Waals surface area contributed by atoms with E-state index in [1.54, 1.807) is 10.6 Å². The van der Waals surface area contributed by atoms with E-state index in [-0.39, 0.29) is 35.9 Å². The van der Waals surface area contributed by atoms with Crippen LogP contribution in [-0.4, -0.2) is 46.4 Å². The van der Waals surface area contributed by atoms with Gasteiger partial charge in [-0.15, -0.1) is 0 Å².